The van der Waals surface area contributed by atoms with E-state index in [0.29, 0.717) is 5.39 Å². The Labute approximate surface area is 176 Å². The fourth-order valence-corrected chi connectivity index (χ4v) is 6.66. The summed E-state index contributed by atoms with van der Waals surface area (Å²) in [7, 11) is 3.33. The Morgan fingerprint density at radius 2 is 1.76 bits per heavy atom. The van der Waals surface area contributed by atoms with E-state index in [-0.39, 0.29) is 16.5 Å². The van der Waals surface area contributed by atoms with E-state index in [9.17, 15) is 9.59 Å². The Morgan fingerprint density at radius 1 is 1.00 bits per heavy atom. The molecule has 0 amide bonds. The van der Waals surface area contributed by atoms with E-state index in [1.807, 2.05) is 42.1 Å². The summed E-state index contributed by atoms with van der Waals surface area (Å²) in [4.78, 5) is 28.6. The topological polar surface area (TPSA) is 48.9 Å². The molecule has 1 atom stereocenters. The number of aryl methyl sites for hydroxylation is 2. The average molecular weight is 424 g/mol. The van der Waals surface area contributed by atoms with Crippen LogP contribution in [0, 0.1) is 6.92 Å². The third kappa shape index (κ3) is 2.68. The first-order chi connectivity index (χ1) is 14.0. The number of aromatic nitrogens is 3. The molecule has 148 valence electrons. The molecule has 0 fully saturated rings. The average Bonchev–Trinajstić information content (AvgIpc) is 3.32. The Bertz CT molecular complexity index is 1360. The molecular weight excluding hydrogens is 402 g/mol. The first-order valence-corrected chi connectivity index (χ1v) is 11.4. The van der Waals surface area contributed by atoms with Crippen LogP contribution in [0.25, 0.3) is 22.2 Å². The summed E-state index contributed by atoms with van der Waals surface area (Å²) in [5, 5.41) is 0.747. The zero-order valence-corrected chi connectivity index (χ0v) is 18.1. The van der Waals surface area contributed by atoms with Crippen molar-refractivity contribution in [2.75, 3.05) is 5.75 Å². The summed E-state index contributed by atoms with van der Waals surface area (Å²) in [5.74, 6) is 0.962. The molecule has 0 radical (unpaired) electrons. The van der Waals surface area contributed by atoms with Crippen LogP contribution in [0.3, 0.4) is 0 Å². The minimum atomic E-state index is -0.285. The minimum absolute atomic E-state index is 0.111. The van der Waals surface area contributed by atoms with Gasteiger partial charge in [0.1, 0.15) is 0 Å². The van der Waals surface area contributed by atoms with Crippen molar-refractivity contribution in [1.29, 1.82) is 0 Å². The van der Waals surface area contributed by atoms with E-state index < -0.39 is 0 Å². The molecule has 5 nitrogen and oxygen atoms in total. The first-order valence-electron chi connectivity index (χ1n) is 9.54. The highest BCUT2D eigenvalue weighted by atomic mass is 32.2. The van der Waals surface area contributed by atoms with Gasteiger partial charge in [-0.3, -0.25) is 13.9 Å². The highest BCUT2D eigenvalue weighted by Gasteiger charge is 2.33. The fourth-order valence-electron chi connectivity index (χ4n) is 4.29. The smallest absolute Gasteiger partial charge is 0.331 e. The van der Waals surface area contributed by atoms with Crippen LogP contribution in [-0.2, 0) is 20.6 Å². The molecule has 7 heteroatoms. The van der Waals surface area contributed by atoms with Gasteiger partial charge in [-0.05, 0) is 24.6 Å². The summed E-state index contributed by atoms with van der Waals surface area (Å²) >= 11 is 3.67. The molecule has 1 aromatic carbocycles. The number of fused-ring (bicyclic) bond motifs is 3. The van der Waals surface area contributed by atoms with Crippen LogP contribution in [0.15, 0.2) is 52.1 Å². The van der Waals surface area contributed by atoms with Crippen molar-refractivity contribution in [3.63, 3.8) is 0 Å². The van der Waals surface area contributed by atoms with Gasteiger partial charge < -0.3 is 4.57 Å². The highest BCUT2D eigenvalue weighted by molar-refractivity contribution is 7.99. The molecule has 1 aliphatic heterocycles. The SMILES string of the molecule is Cc1ccc(C2SCCn3c(-c4ccccc4)c4c(=O)n(C)c(=O)n(C)c4c32)s1. The molecule has 0 N–H and O–H groups in total. The molecular formula is C22H21N3O2S2. The Morgan fingerprint density at radius 3 is 2.45 bits per heavy atom. The van der Waals surface area contributed by atoms with Gasteiger partial charge in [0.25, 0.3) is 5.56 Å². The van der Waals surface area contributed by atoms with E-state index in [4.69, 9.17) is 0 Å². The number of benzene rings is 1. The van der Waals surface area contributed by atoms with Crippen molar-refractivity contribution in [3.8, 4) is 11.3 Å². The molecule has 1 unspecified atom stereocenters. The number of hydrogen-bond acceptors (Lipinski definition) is 4. The van der Waals surface area contributed by atoms with Gasteiger partial charge in [0.05, 0.1) is 27.5 Å². The normalized spacial score (nSPS) is 16.3. The Balaban J connectivity index is 1.97. The van der Waals surface area contributed by atoms with E-state index in [1.165, 1.54) is 14.3 Å². The fraction of sp³-hybridized carbons (Fsp3) is 0.273. The third-order valence-corrected chi connectivity index (χ3v) is 8.06. The molecule has 4 heterocycles. The van der Waals surface area contributed by atoms with Crippen molar-refractivity contribution < 1.29 is 0 Å². The molecule has 0 saturated heterocycles. The zero-order valence-electron chi connectivity index (χ0n) is 16.5. The molecule has 1 aliphatic rings. The largest absolute Gasteiger partial charge is 0.340 e. The third-order valence-electron chi connectivity index (χ3n) is 5.62. The predicted octanol–water partition coefficient (Wildman–Crippen LogP) is 3.91. The van der Waals surface area contributed by atoms with Crippen LogP contribution in [0.4, 0.5) is 0 Å². The monoisotopic (exact) mass is 423 g/mol. The molecule has 0 saturated carbocycles. The molecule has 29 heavy (non-hydrogen) atoms. The van der Waals surface area contributed by atoms with Crippen molar-refractivity contribution in [3.05, 3.63) is 78.8 Å². The van der Waals surface area contributed by atoms with Gasteiger partial charge in [-0.25, -0.2) is 4.79 Å². The van der Waals surface area contributed by atoms with Gasteiger partial charge in [0, 0.05) is 36.1 Å². The molecule has 0 spiro atoms. The standard InChI is InChI=1S/C22H21N3O2S2/c1-13-9-10-15(29-13)20-19-18-16(21(26)24(3)22(27)23(18)2)17(25(19)11-12-28-20)14-7-5-4-6-8-14/h4-10,20H,11-12H2,1-3H3. The summed E-state index contributed by atoms with van der Waals surface area (Å²) in [6, 6.07) is 14.4. The Hall–Kier alpha value is -2.51. The Kier molecular flexibility index (Phi) is 4.33. The lowest BCUT2D eigenvalue weighted by atomic mass is 10.1. The number of thiophene rings is 1. The number of rotatable bonds is 2. The summed E-state index contributed by atoms with van der Waals surface area (Å²) in [5.41, 5.74) is 3.24. The second-order valence-corrected chi connectivity index (χ2v) is 9.91. The van der Waals surface area contributed by atoms with Crippen molar-refractivity contribution >= 4 is 34.0 Å². The first kappa shape index (κ1) is 18.5. The second kappa shape index (κ2) is 6.78. The second-order valence-electron chi connectivity index (χ2n) is 7.38. The lowest BCUT2D eigenvalue weighted by molar-refractivity contribution is 0.701. The maximum atomic E-state index is 13.3. The minimum Gasteiger partial charge on any atom is -0.340 e. The lowest BCUT2D eigenvalue weighted by Crippen LogP contribution is -2.37. The zero-order chi connectivity index (χ0) is 20.3. The van der Waals surface area contributed by atoms with Crippen LogP contribution in [0.2, 0.25) is 0 Å². The van der Waals surface area contributed by atoms with Crippen LogP contribution in [0.1, 0.15) is 20.7 Å². The van der Waals surface area contributed by atoms with Crippen molar-refractivity contribution in [2.45, 2.75) is 18.7 Å². The van der Waals surface area contributed by atoms with E-state index >= 15 is 0 Å². The van der Waals surface area contributed by atoms with Gasteiger partial charge in [-0.15, -0.1) is 23.1 Å². The van der Waals surface area contributed by atoms with E-state index in [2.05, 4.69) is 23.6 Å². The summed E-state index contributed by atoms with van der Waals surface area (Å²) < 4.78 is 5.14. The van der Waals surface area contributed by atoms with Gasteiger partial charge in [-0.2, -0.15) is 0 Å². The maximum absolute atomic E-state index is 13.3. The quantitative estimate of drug-likeness (QED) is 0.491. The lowest BCUT2D eigenvalue weighted by Gasteiger charge is -2.26. The van der Waals surface area contributed by atoms with Gasteiger partial charge >= 0.3 is 5.69 Å². The predicted molar refractivity (Wildman–Crippen MR) is 121 cm³/mol. The van der Waals surface area contributed by atoms with Crippen LogP contribution in [0.5, 0.6) is 0 Å². The van der Waals surface area contributed by atoms with Gasteiger partial charge in [-0.1, -0.05) is 30.3 Å². The molecule has 3 aromatic heterocycles. The van der Waals surface area contributed by atoms with E-state index in [1.54, 1.807) is 30.0 Å². The molecule has 0 aliphatic carbocycles. The highest BCUT2D eigenvalue weighted by Crippen LogP contribution is 2.47. The van der Waals surface area contributed by atoms with Crippen molar-refractivity contribution in [1.82, 2.24) is 13.7 Å². The van der Waals surface area contributed by atoms with Crippen LogP contribution in [-0.4, -0.2) is 19.5 Å². The van der Waals surface area contributed by atoms with Crippen LogP contribution >= 0.6 is 23.1 Å². The van der Waals surface area contributed by atoms with Crippen molar-refractivity contribution in [2.24, 2.45) is 14.1 Å². The van der Waals surface area contributed by atoms with Gasteiger partial charge in [0.15, 0.2) is 0 Å². The van der Waals surface area contributed by atoms with E-state index in [0.717, 1.165) is 34.8 Å². The number of nitrogens with zero attached hydrogens (tertiary/aromatic N) is 3. The number of thioether (sulfide) groups is 1. The molecule has 0 bridgehead atoms. The number of hydrogen-bond donors (Lipinski definition) is 0. The summed E-state index contributed by atoms with van der Waals surface area (Å²) in [6.45, 7) is 2.93. The van der Waals surface area contributed by atoms with Gasteiger partial charge in [0.2, 0.25) is 0 Å². The molecule has 4 aromatic rings. The molecule has 5 rings (SSSR count). The summed E-state index contributed by atoms with van der Waals surface area (Å²) in [6.07, 6.45) is 0. The maximum Gasteiger partial charge on any atom is 0.331 e. The van der Waals surface area contributed by atoms with Crippen LogP contribution < -0.4 is 11.2 Å².